The minimum atomic E-state index is -0.619. The van der Waals surface area contributed by atoms with Crippen molar-refractivity contribution < 1.29 is 19.7 Å². The Morgan fingerprint density at radius 2 is 2.04 bits per heavy atom. The summed E-state index contributed by atoms with van der Waals surface area (Å²) >= 11 is 0. The molecule has 0 amide bonds. The second kappa shape index (κ2) is 13.3. The topological polar surface area (TPSA) is 66.8 Å². The maximum atomic E-state index is 12.1. The number of hydrogen-bond donors (Lipinski definition) is 2. The van der Waals surface area contributed by atoms with Crippen LogP contribution in [0, 0.1) is 11.8 Å². The Balaban J connectivity index is 2.44. The van der Waals surface area contributed by atoms with Gasteiger partial charge in [-0.3, -0.25) is 4.79 Å². The van der Waals surface area contributed by atoms with E-state index in [9.17, 15) is 15.0 Å². The number of carbonyl (C=O) groups is 1. The molecule has 1 aliphatic carbocycles. The summed E-state index contributed by atoms with van der Waals surface area (Å²) in [5.41, 5.74) is 0. The van der Waals surface area contributed by atoms with Gasteiger partial charge >= 0.3 is 0 Å². The molecular formula is C21H36O4. The fourth-order valence-electron chi connectivity index (χ4n) is 3.35. The summed E-state index contributed by atoms with van der Waals surface area (Å²) in [7, 11) is 1.71. The Hall–Kier alpha value is -0.970. The van der Waals surface area contributed by atoms with Gasteiger partial charge in [-0.25, -0.2) is 0 Å². The third-order valence-electron chi connectivity index (χ3n) is 4.92. The predicted molar refractivity (Wildman–Crippen MR) is 101 cm³/mol. The Morgan fingerprint density at radius 3 is 2.76 bits per heavy atom. The molecule has 2 N–H and O–H groups in total. The molecule has 0 aromatic carbocycles. The van der Waals surface area contributed by atoms with Gasteiger partial charge in [-0.2, -0.15) is 0 Å². The van der Waals surface area contributed by atoms with Crippen LogP contribution >= 0.6 is 0 Å². The van der Waals surface area contributed by atoms with E-state index < -0.39 is 12.2 Å². The molecule has 0 aromatic heterocycles. The Kier molecular flexibility index (Phi) is 11.7. The van der Waals surface area contributed by atoms with Crippen molar-refractivity contribution >= 4 is 5.78 Å². The molecule has 144 valence electrons. The van der Waals surface area contributed by atoms with Crippen LogP contribution in [0.15, 0.2) is 24.3 Å². The zero-order valence-corrected chi connectivity index (χ0v) is 15.9. The van der Waals surface area contributed by atoms with E-state index >= 15 is 0 Å². The van der Waals surface area contributed by atoms with E-state index in [0.717, 1.165) is 51.6 Å². The largest absolute Gasteiger partial charge is 0.392 e. The number of aliphatic hydroxyl groups excluding tert-OH is 2. The van der Waals surface area contributed by atoms with Gasteiger partial charge in [0.1, 0.15) is 5.78 Å². The lowest BCUT2D eigenvalue weighted by Gasteiger charge is -2.16. The summed E-state index contributed by atoms with van der Waals surface area (Å²) in [4.78, 5) is 12.1. The highest BCUT2D eigenvalue weighted by molar-refractivity contribution is 5.84. The van der Waals surface area contributed by atoms with Crippen LogP contribution in [0.3, 0.4) is 0 Å². The van der Waals surface area contributed by atoms with E-state index in [0.29, 0.717) is 6.42 Å². The van der Waals surface area contributed by atoms with Gasteiger partial charge in [0.15, 0.2) is 0 Å². The summed E-state index contributed by atoms with van der Waals surface area (Å²) < 4.78 is 5.02. The zero-order chi connectivity index (χ0) is 18.5. The Labute approximate surface area is 153 Å². The third-order valence-corrected chi connectivity index (χ3v) is 4.92. The van der Waals surface area contributed by atoms with Crippen LogP contribution < -0.4 is 0 Å². The van der Waals surface area contributed by atoms with Crippen molar-refractivity contribution in [3.8, 4) is 0 Å². The van der Waals surface area contributed by atoms with Crippen molar-refractivity contribution in [2.24, 2.45) is 11.8 Å². The van der Waals surface area contributed by atoms with E-state index in [1.807, 2.05) is 6.08 Å². The first kappa shape index (κ1) is 22.1. The standard InChI is InChI=1S/C21H36O4/c1-3-4-8-11-17(22)13-14-19-18(20(23)16-21(19)24)12-9-6-5-7-10-15-25-2/h6,9,13-14,17-19,21-22,24H,3-5,7-8,10-12,15-16H2,1-2H3/b9-6-,14-13+/t17-,18?,19+,21+/m0/s1. The number of unbranched alkanes of at least 4 members (excludes halogenated alkanes) is 4. The van der Waals surface area contributed by atoms with Crippen molar-refractivity contribution in [1.29, 1.82) is 0 Å². The lowest BCUT2D eigenvalue weighted by molar-refractivity contribution is -0.121. The van der Waals surface area contributed by atoms with Crippen LogP contribution in [-0.4, -0.2) is 41.9 Å². The van der Waals surface area contributed by atoms with Gasteiger partial charge in [-0.1, -0.05) is 50.5 Å². The summed E-state index contributed by atoms with van der Waals surface area (Å²) in [6.45, 7) is 2.92. The van der Waals surface area contributed by atoms with Crippen LogP contribution in [0.25, 0.3) is 0 Å². The monoisotopic (exact) mass is 352 g/mol. The van der Waals surface area contributed by atoms with Crippen molar-refractivity contribution in [2.45, 2.75) is 76.9 Å². The van der Waals surface area contributed by atoms with Gasteiger partial charge in [-0.05, 0) is 32.1 Å². The third kappa shape index (κ3) is 8.80. The molecule has 1 saturated carbocycles. The van der Waals surface area contributed by atoms with Gasteiger partial charge in [0.2, 0.25) is 0 Å². The van der Waals surface area contributed by atoms with Crippen molar-refractivity contribution in [1.82, 2.24) is 0 Å². The van der Waals surface area contributed by atoms with Gasteiger partial charge in [0.05, 0.1) is 12.2 Å². The summed E-state index contributed by atoms with van der Waals surface area (Å²) in [5, 5.41) is 20.2. The fourth-order valence-corrected chi connectivity index (χ4v) is 3.35. The number of Topliss-reactive ketones (excluding diaryl/α,β-unsaturated/α-hetero) is 1. The number of allylic oxidation sites excluding steroid dienone is 2. The summed E-state index contributed by atoms with van der Waals surface area (Å²) in [6.07, 6.45) is 14.7. The second-order valence-corrected chi connectivity index (χ2v) is 7.07. The van der Waals surface area contributed by atoms with Crippen LogP contribution in [0.1, 0.15) is 64.7 Å². The normalized spacial score (nSPS) is 25.4. The summed E-state index contributed by atoms with van der Waals surface area (Å²) in [6, 6.07) is 0. The molecule has 0 aromatic rings. The Bertz CT molecular complexity index is 416. The molecule has 0 saturated heterocycles. The van der Waals surface area contributed by atoms with E-state index in [1.165, 1.54) is 0 Å². The molecule has 0 heterocycles. The minimum Gasteiger partial charge on any atom is -0.392 e. The number of aliphatic hydroxyl groups is 2. The van der Waals surface area contributed by atoms with E-state index in [-0.39, 0.29) is 24.0 Å². The van der Waals surface area contributed by atoms with Crippen LogP contribution in [0.2, 0.25) is 0 Å². The molecule has 25 heavy (non-hydrogen) atoms. The highest BCUT2D eigenvalue weighted by Gasteiger charge is 2.39. The van der Waals surface area contributed by atoms with Crippen LogP contribution in [-0.2, 0) is 9.53 Å². The Morgan fingerprint density at radius 1 is 1.24 bits per heavy atom. The van der Waals surface area contributed by atoms with E-state index in [1.54, 1.807) is 13.2 Å². The quantitative estimate of drug-likeness (QED) is 0.391. The first-order valence-electron chi connectivity index (χ1n) is 9.81. The van der Waals surface area contributed by atoms with Gasteiger partial charge in [0.25, 0.3) is 0 Å². The first-order chi connectivity index (χ1) is 12.1. The minimum absolute atomic E-state index is 0.131. The average Bonchev–Trinajstić information content (AvgIpc) is 2.85. The van der Waals surface area contributed by atoms with Gasteiger partial charge < -0.3 is 14.9 Å². The molecular weight excluding hydrogens is 316 g/mol. The van der Waals surface area contributed by atoms with E-state index in [4.69, 9.17) is 4.74 Å². The second-order valence-electron chi connectivity index (χ2n) is 7.07. The molecule has 4 nitrogen and oxygen atoms in total. The molecule has 4 atom stereocenters. The molecule has 0 radical (unpaired) electrons. The van der Waals surface area contributed by atoms with Crippen LogP contribution in [0.5, 0.6) is 0 Å². The van der Waals surface area contributed by atoms with Crippen LogP contribution in [0.4, 0.5) is 0 Å². The number of rotatable bonds is 13. The number of ketones is 1. The summed E-state index contributed by atoms with van der Waals surface area (Å²) in [5.74, 6) is -0.206. The first-order valence-corrected chi connectivity index (χ1v) is 9.81. The maximum absolute atomic E-state index is 12.1. The molecule has 1 rings (SSSR count). The molecule has 1 aliphatic rings. The molecule has 1 unspecified atom stereocenters. The fraction of sp³-hybridized carbons (Fsp3) is 0.762. The maximum Gasteiger partial charge on any atom is 0.139 e. The van der Waals surface area contributed by atoms with Crippen molar-refractivity contribution in [2.75, 3.05) is 13.7 Å². The van der Waals surface area contributed by atoms with Gasteiger partial charge in [0, 0.05) is 32.0 Å². The number of carbonyl (C=O) groups excluding carboxylic acids is 1. The van der Waals surface area contributed by atoms with Crippen molar-refractivity contribution in [3.05, 3.63) is 24.3 Å². The number of hydrogen-bond acceptors (Lipinski definition) is 4. The highest BCUT2D eigenvalue weighted by atomic mass is 16.5. The zero-order valence-electron chi connectivity index (χ0n) is 15.9. The lowest BCUT2D eigenvalue weighted by Crippen LogP contribution is -2.18. The lowest BCUT2D eigenvalue weighted by atomic mass is 9.90. The molecule has 1 fully saturated rings. The number of ether oxygens (including phenoxy) is 1. The molecule has 0 aliphatic heterocycles. The average molecular weight is 353 g/mol. The van der Waals surface area contributed by atoms with Crippen molar-refractivity contribution in [3.63, 3.8) is 0 Å². The smallest absolute Gasteiger partial charge is 0.139 e. The SMILES string of the molecule is CCCCC[C@H](O)/C=C/[C@@H]1C(C/C=C\CCCCOC)C(=O)C[C@H]1O. The number of methoxy groups -OCH3 is 1. The predicted octanol–water partition coefficient (Wildman–Crippen LogP) is 3.81. The molecule has 0 spiro atoms. The molecule has 0 bridgehead atoms. The van der Waals surface area contributed by atoms with Gasteiger partial charge in [-0.15, -0.1) is 0 Å². The molecule has 4 heteroatoms. The van der Waals surface area contributed by atoms with E-state index in [2.05, 4.69) is 19.1 Å². The highest BCUT2D eigenvalue weighted by Crippen LogP contribution is 2.33.